The first-order valence-electron chi connectivity index (χ1n) is 6.11. The first-order chi connectivity index (χ1) is 8.24. The van der Waals surface area contributed by atoms with Crippen molar-refractivity contribution in [3.8, 4) is 0 Å². The van der Waals surface area contributed by atoms with Gasteiger partial charge in [-0.1, -0.05) is 6.92 Å². The molecule has 0 spiro atoms. The van der Waals surface area contributed by atoms with Gasteiger partial charge >= 0.3 is 0 Å². The Morgan fingerprint density at radius 3 is 3.18 bits per heavy atom. The molecule has 5 heteroatoms. The maximum absolute atomic E-state index is 5.53. The number of anilines is 1. The number of hydrogen-bond acceptors (Lipinski definition) is 5. The van der Waals surface area contributed by atoms with Gasteiger partial charge < -0.3 is 15.0 Å². The highest BCUT2D eigenvalue weighted by Crippen LogP contribution is 2.28. The monoisotopic (exact) mass is 255 g/mol. The van der Waals surface area contributed by atoms with Gasteiger partial charge in [0.1, 0.15) is 0 Å². The molecule has 17 heavy (non-hydrogen) atoms. The molecule has 0 amide bonds. The molecule has 1 saturated heterocycles. The van der Waals surface area contributed by atoms with Crippen molar-refractivity contribution < 1.29 is 4.74 Å². The average Bonchev–Trinajstić information content (AvgIpc) is 2.79. The molecule has 1 aromatic heterocycles. The number of methoxy groups -OCH3 is 1. The molecule has 0 aromatic carbocycles. The van der Waals surface area contributed by atoms with Crippen molar-refractivity contribution >= 4 is 16.5 Å². The fraction of sp³-hybridized carbons (Fsp3) is 0.750. The van der Waals surface area contributed by atoms with Crippen molar-refractivity contribution in [1.82, 2.24) is 10.3 Å². The molecule has 1 aliphatic rings. The third kappa shape index (κ3) is 2.97. The van der Waals surface area contributed by atoms with E-state index in [1.54, 1.807) is 18.4 Å². The van der Waals surface area contributed by atoms with Gasteiger partial charge in [-0.3, -0.25) is 0 Å². The molecule has 96 valence electrons. The average molecular weight is 255 g/mol. The summed E-state index contributed by atoms with van der Waals surface area (Å²) in [5, 5.41) is 4.28. The zero-order valence-corrected chi connectivity index (χ0v) is 11.6. The summed E-state index contributed by atoms with van der Waals surface area (Å²) in [6.45, 7) is 5.22. The van der Waals surface area contributed by atoms with Crippen LogP contribution in [0.3, 0.4) is 0 Å². The Morgan fingerprint density at radius 1 is 1.65 bits per heavy atom. The maximum atomic E-state index is 5.53. The normalized spacial score (nSPS) is 25.2. The number of nitrogens with zero attached hydrogens (tertiary/aromatic N) is 2. The highest BCUT2D eigenvalue weighted by Gasteiger charge is 2.27. The molecule has 2 rings (SSSR count). The summed E-state index contributed by atoms with van der Waals surface area (Å²) in [6, 6.07) is 0. The van der Waals surface area contributed by atoms with E-state index in [9.17, 15) is 0 Å². The zero-order valence-electron chi connectivity index (χ0n) is 10.8. The van der Waals surface area contributed by atoms with Gasteiger partial charge in [0.25, 0.3) is 0 Å². The highest BCUT2D eigenvalue weighted by molar-refractivity contribution is 7.15. The van der Waals surface area contributed by atoms with Crippen molar-refractivity contribution in [1.29, 1.82) is 0 Å². The third-order valence-corrected chi connectivity index (χ3v) is 4.41. The van der Waals surface area contributed by atoms with E-state index in [4.69, 9.17) is 4.74 Å². The Hall–Kier alpha value is -0.650. The number of hydrogen-bond donors (Lipinski definition) is 1. The van der Waals surface area contributed by atoms with E-state index in [1.165, 1.54) is 11.3 Å². The largest absolute Gasteiger partial charge is 0.379 e. The molecular formula is C12H21N3OS. The summed E-state index contributed by atoms with van der Waals surface area (Å²) in [7, 11) is 3.77. The van der Waals surface area contributed by atoms with Crippen LogP contribution in [-0.2, 0) is 11.3 Å². The van der Waals surface area contributed by atoms with Crippen LogP contribution < -0.4 is 10.2 Å². The van der Waals surface area contributed by atoms with Crippen LogP contribution >= 0.6 is 11.3 Å². The van der Waals surface area contributed by atoms with Crippen LogP contribution in [-0.4, -0.2) is 38.3 Å². The molecule has 2 atom stereocenters. The first kappa shape index (κ1) is 12.8. The predicted octanol–water partition coefficient (Wildman–Crippen LogP) is 1.72. The molecule has 2 heterocycles. The van der Waals surface area contributed by atoms with Crippen LogP contribution in [0.15, 0.2) is 6.20 Å². The Morgan fingerprint density at radius 2 is 2.47 bits per heavy atom. The molecule has 0 bridgehead atoms. The van der Waals surface area contributed by atoms with Crippen LogP contribution in [0.4, 0.5) is 5.13 Å². The molecule has 1 aliphatic heterocycles. The summed E-state index contributed by atoms with van der Waals surface area (Å²) >= 11 is 1.77. The molecule has 0 aliphatic carbocycles. The second-order valence-electron chi connectivity index (χ2n) is 4.63. The van der Waals surface area contributed by atoms with E-state index < -0.39 is 0 Å². The van der Waals surface area contributed by atoms with E-state index in [0.717, 1.165) is 24.8 Å². The fourth-order valence-electron chi connectivity index (χ4n) is 2.21. The zero-order chi connectivity index (χ0) is 12.3. The summed E-state index contributed by atoms with van der Waals surface area (Å²) in [5.74, 6) is 0.646. The SMILES string of the molecule is CNCc1cnc(N2CCC(C)C(OC)C2)s1. The predicted molar refractivity (Wildman–Crippen MR) is 71.7 cm³/mol. The van der Waals surface area contributed by atoms with Gasteiger partial charge in [-0.25, -0.2) is 4.98 Å². The molecule has 1 aromatic rings. The van der Waals surface area contributed by atoms with Crippen LogP contribution in [0, 0.1) is 5.92 Å². The van der Waals surface area contributed by atoms with E-state index >= 15 is 0 Å². The maximum Gasteiger partial charge on any atom is 0.185 e. The lowest BCUT2D eigenvalue weighted by Gasteiger charge is -2.36. The lowest BCUT2D eigenvalue weighted by atomic mass is 9.96. The molecule has 0 saturated carbocycles. The van der Waals surface area contributed by atoms with Gasteiger partial charge in [0.2, 0.25) is 0 Å². The molecule has 4 nitrogen and oxygen atoms in total. The van der Waals surface area contributed by atoms with Gasteiger partial charge in [-0.15, -0.1) is 11.3 Å². The Balaban J connectivity index is 2.01. The lowest BCUT2D eigenvalue weighted by Crippen LogP contribution is -2.43. The Kier molecular flexibility index (Phi) is 4.36. The quantitative estimate of drug-likeness (QED) is 0.889. The minimum atomic E-state index is 0.334. The Bertz CT molecular complexity index is 355. The Labute approximate surface area is 107 Å². The van der Waals surface area contributed by atoms with E-state index in [2.05, 4.69) is 22.1 Å². The first-order valence-corrected chi connectivity index (χ1v) is 6.93. The minimum absolute atomic E-state index is 0.334. The van der Waals surface area contributed by atoms with Gasteiger partial charge in [0.15, 0.2) is 5.13 Å². The number of aromatic nitrogens is 1. The molecule has 1 N–H and O–H groups in total. The molecule has 0 radical (unpaired) electrons. The van der Waals surface area contributed by atoms with Crippen molar-refractivity contribution in [3.05, 3.63) is 11.1 Å². The highest BCUT2D eigenvalue weighted by atomic mass is 32.1. The van der Waals surface area contributed by atoms with Gasteiger partial charge in [-0.2, -0.15) is 0 Å². The van der Waals surface area contributed by atoms with Gasteiger partial charge in [-0.05, 0) is 19.4 Å². The smallest absolute Gasteiger partial charge is 0.185 e. The summed E-state index contributed by atoms with van der Waals surface area (Å²) in [5.41, 5.74) is 0. The lowest BCUT2D eigenvalue weighted by molar-refractivity contribution is 0.0498. The number of ether oxygens (including phenoxy) is 1. The van der Waals surface area contributed by atoms with E-state index in [0.29, 0.717) is 12.0 Å². The van der Waals surface area contributed by atoms with Crippen LogP contribution in [0.1, 0.15) is 18.2 Å². The van der Waals surface area contributed by atoms with Crippen molar-refractivity contribution in [3.63, 3.8) is 0 Å². The van der Waals surface area contributed by atoms with Crippen LogP contribution in [0.25, 0.3) is 0 Å². The summed E-state index contributed by atoms with van der Waals surface area (Å²) in [4.78, 5) is 8.13. The summed E-state index contributed by atoms with van der Waals surface area (Å²) < 4.78 is 5.53. The van der Waals surface area contributed by atoms with Crippen molar-refractivity contribution in [2.45, 2.75) is 26.0 Å². The second kappa shape index (κ2) is 5.80. The number of rotatable bonds is 4. The molecule has 1 fully saturated rings. The topological polar surface area (TPSA) is 37.4 Å². The third-order valence-electron chi connectivity index (χ3n) is 3.36. The molecule has 2 unspecified atom stereocenters. The summed E-state index contributed by atoms with van der Waals surface area (Å²) in [6.07, 6.45) is 3.48. The number of nitrogens with one attached hydrogen (secondary N) is 1. The minimum Gasteiger partial charge on any atom is -0.379 e. The number of thiazole rings is 1. The second-order valence-corrected chi connectivity index (χ2v) is 5.72. The van der Waals surface area contributed by atoms with Gasteiger partial charge in [0, 0.05) is 37.8 Å². The standard InChI is InChI=1S/C12H21N3OS/c1-9-4-5-15(8-11(9)16-3)12-14-7-10(17-12)6-13-2/h7,9,11,13H,4-6,8H2,1-3H3. The van der Waals surface area contributed by atoms with Crippen molar-refractivity contribution in [2.75, 3.05) is 32.1 Å². The number of piperidine rings is 1. The van der Waals surface area contributed by atoms with E-state index in [-0.39, 0.29) is 0 Å². The van der Waals surface area contributed by atoms with Crippen LogP contribution in [0.5, 0.6) is 0 Å². The van der Waals surface area contributed by atoms with Crippen molar-refractivity contribution in [2.24, 2.45) is 5.92 Å². The fourth-order valence-corrected chi connectivity index (χ4v) is 3.17. The van der Waals surface area contributed by atoms with Crippen LogP contribution in [0.2, 0.25) is 0 Å². The molecular weight excluding hydrogens is 234 g/mol. The van der Waals surface area contributed by atoms with E-state index in [1.807, 2.05) is 13.2 Å². The van der Waals surface area contributed by atoms with Gasteiger partial charge in [0.05, 0.1) is 6.10 Å².